The highest BCUT2D eigenvalue weighted by atomic mass is 16.6. The van der Waals surface area contributed by atoms with Gasteiger partial charge in [0.05, 0.1) is 12.7 Å². The minimum Gasteiger partial charge on any atom is -0.457 e. The van der Waals surface area contributed by atoms with Crippen molar-refractivity contribution in [1.29, 1.82) is 0 Å². The Morgan fingerprint density at radius 2 is 1.85 bits per heavy atom. The van der Waals surface area contributed by atoms with Crippen molar-refractivity contribution in [3.8, 4) is 5.75 Å². The van der Waals surface area contributed by atoms with Gasteiger partial charge >= 0.3 is 12.1 Å². The topological polar surface area (TPSA) is 73.9 Å². The Hall–Kier alpha value is -2.86. The molecule has 138 valence electrons. The molecule has 0 bridgehead atoms. The zero-order chi connectivity index (χ0) is 18.9. The van der Waals surface area contributed by atoms with E-state index in [1.165, 1.54) is 0 Å². The van der Waals surface area contributed by atoms with E-state index in [4.69, 9.17) is 14.2 Å². The van der Waals surface area contributed by atoms with Crippen LogP contribution in [0.1, 0.15) is 13.8 Å². The number of hydrogen-bond acceptors (Lipinski definition) is 5. The minimum absolute atomic E-state index is 0.223. The summed E-state index contributed by atoms with van der Waals surface area (Å²) < 4.78 is 15.9. The number of amides is 1. The molecule has 2 aromatic rings. The van der Waals surface area contributed by atoms with Gasteiger partial charge in [0.25, 0.3) is 0 Å². The molecule has 0 aromatic heterocycles. The average Bonchev–Trinajstić information content (AvgIpc) is 2.65. The smallest absolute Gasteiger partial charge is 0.412 e. The highest BCUT2D eigenvalue weighted by Crippen LogP contribution is 2.25. The van der Waals surface area contributed by atoms with Crippen LogP contribution in [-0.4, -0.2) is 37.4 Å². The van der Waals surface area contributed by atoms with Crippen LogP contribution in [0.2, 0.25) is 0 Å². The van der Waals surface area contributed by atoms with Gasteiger partial charge in [0.1, 0.15) is 11.9 Å². The molecule has 0 saturated carbocycles. The van der Waals surface area contributed by atoms with Gasteiger partial charge in [-0.2, -0.15) is 0 Å². The molecular formula is C20H23NO5. The summed E-state index contributed by atoms with van der Waals surface area (Å²) in [6, 6.07) is 13.2. The number of ether oxygens (including phenoxy) is 3. The molecular weight excluding hydrogens is 334 g/mol. The van der Waals surface area contributed by atoms with Crippen molar-refractivity contribution < 1.29 is 23.8 Å². The van der Waals surface area contributed by atoms with Gasteiger partial charge in [0, 0.05) is 18.0 Å². The van der Waals surface area contributed by atoms with Gasteiger partial charge in [-0.1, -0.05) is 43.0 Å². The molecule has 1 N–H and O–H groups in total. The normalized spacial score (nSPS) is 12.8. The summed E-state index contributed by atoms with van der Waals surface area (Å²) in [5.41, 5.74) is 0. The van der Waals surface area contributed by atoms with Crippen LogP contribution in [-0.2, 0) is 14.3 Å². The highest BCUT2D eigenvalue weighted by molar-refractivity contribution is 5.90. The maximum Gasteiger partial charge on any atom is 0.412 e. The summed E-state index contributed by atoms with van der Waals surface area (Å²) in [6.45, 7) is 7.35. The lowest BCUT2D eigenvalue weighted by Crippen LogP contribution is -2.35. The Labute approximate surface area is 152 Å². The number of rotatable bonds is 8. The predicted octanol–water partition coefficient (Wildman–Crippen LogP) is 3.45. The van der Waals surface area contributed by atoms with E-state index in [2.05, 4.69) is 11.9 Å². The van der Waals surface area contributed by atoms with Gasteiger partial charge in [-0.05, 0) is 25.3 Å². The molecule has 2 rings (SSSR count). The first-order valence-electron chi connectivity index (χ1n) is 8.37. The average molecular weight is 357 g/mol. The third kappa shape index (κ3) is 5.89. The van der Waals surface area contributed by atoms with Crippen molar-refractivity contribution in [3.63, 3.8) is 0 Å². The van der Waals surface area contributed by atoms with Crippen LogP contribution in [0.5, 0.6) is 5.75 Å². The lowest BCUT2D eigenvalue weighted by Gasteiger charge is -2.17. The molecule has 0 aliphatic carbocycles. The molecule has 0 aliphatic heterocycles. The van der Waals surface area contributed by atoms with E-state index >= 15 is 0 Å². The number of benzene rings is 2. The van der Waals surface area contributed by atoms with Crippen LogP contribution in [0, 0.1) is 0 Å². The van der Waals surface area contributed by atoms with E-state index in [9.17, 15) is 9.59 Å². The molecule has 0 saturated heterocycles. The minimum atomic E-state index is -0.553. The second kappa shape index (κ2) is 9.58. The molecule has 0 aliphatic rings. The fraction of sp³-hybridized carbons (Fsp3) is 0.300. The third-order valence-electron chi connectivity index (χ3n) is 3.59. The van der Waals surface area contributed by atoms with Crippen LogP contribution in [0.15, 0.2) is 55.1 Å². The first kappa shape index (κ1) is 19.5. The molecule has 0 fully saturated rings. The second-order valence-corrected chi connectivity index (χ2v) is 5.84. The predicted molar refractivity (Wildman–Crippen MR) is 99.1 cm³/mol. The maximum absolute atomic E-state index is 12.0. The second-order valence-electron chi connectivity index (χ2n) is 5.84. The van der Waals surface area contributed by atoms with E-state index in [1.807, 2.05) is 36.4 Å². The molecule has 2 unspecified atom stereocenters. The Bertz CT molecular complexity index is 768. The van der Waals surface area contributed by atoms with Crippen LogP contribution < -0.4 is 10.1 Å². The van der Waals surface area contributed by atoms with E-state index in [0.717, 1.165) is 16.8 Å². The highest BCUT2D eigenvalue weighted by Gasteiger charge is 2.12. The van der Waals surface area contributed by atoms with Crippen molar-refractivity contribution in [1.82, 2.24) is 5.32 Å². The first-order valence-corrected chi connectivity index (χ1v) is 8.37. The van der Waals surface area contributed by atoms with E-state index < -0.39 is 18.2 Å². The van der Waals surface area contributed by atoms with Gasteiger partial charge < -0.3 is 19.5 Å². The fourth-order valence-electron chi connectivity index (χ4n) is 2.29. The maximum atomic E-state index is 12.0. The number of fused-ring (bicyclic) bond motifs is 1. The Morgan fingerprint density at radius 3 is 2.62 bits per heavy atom. The van der Waals surface area contributed by atoms with Crippen molar-refractivity contribution in [2.24, 2.45) is 0 Å². The van der Waals surface area contributed by atoms with Crippen molar-refractivity contribution >= 4 is 22.8 Å². The molecule has 1 amide bonds. The van der Waals surface area contributed by atoms with Gasteiger partial charge in [-0.3, -0.25) is 0 Å². The van der Waals surface area contributed by atoms with E-state index in [-0.39, 0.29) is 19.3 Å². The van der Waals surface area contributed by atoms with Gasteiger partial charge in [-0.25, -0.2) is 9.59 Å². The Morgan fingerprint density at radius 1 is 1.12 bits per heavy atom. The molecule has 6 nitrogen and oxygen atoms in total. The van der Waals surface area contributed by atoms with Gasteiger partial charge in [0.2, 0.25) is 0 Å². The molecule has 26 heavy (non-hydrogen) atoms. The number of carbonyl (C=O) groups excluding carboxylic acids is 2. The van der Waals surface area contributed by atoms with Crippen LogP contribution in [0.4, 0.5) is 4.79 Å². The van der Waals surface area contributed by atoms with Crippen LogP contribution >= 0.6 is 0 Å². The van der Waals surface area contributed by atoms with Crippen molar-refractivity contribution in [2.45, 2.75) is 26.1 Å². The summed E-state index contributed by atoms with van der Waals surface area (Å²) in [5.74, 6) is 0.00433. The quantitative estimate of drug-likeness (QED) is 0.579. The number of carbonyl (C=O) groups is 2. The zero-order valence-electron chi connectivity index (χ0n) is 14.9. The van der Waals surface area contributed by atoms with Crippen molar-refractivity contribution in [3.05, 3.63) is 55.1 Å². The molecule has 0 spiro atoms. The van der Waals surface area contributed by atoms with Crippen LogP contribution in [0.3, 0.4) is 0 Å². The molecule has 2 atom stereocenters. The molecule has 6 heteroatoms. The van der Waals surface area contributed by atoms with E-state index in [1.54, 1.807) is 19.9 Å². The lowest BCUT2D eigenvalue weighted by molar-refractivity contribution is -0.145. The van der Waals surface area contributed by atoms with Gasteiger partial charge in [0.15, 0.2) is 0 Å². The summed E-state index contributed by atoms with van der Waals surface area (Å²) in [5, 5.41) is 4.53. The third-order valence-corrected chi connectivity index (χ3v) is 3.59. The number of esters is 1. The first-order chi connectivity index (χ1) is 12.5. The number of nitrogens with one attached hydrogen (secondary N) is 1. The fourth-order valence-corrected chi connectivity index (χ4v) is 2.29. The Kier molecular flexibility index (Phi) is 7.17. The standard InChI is InChI=1S/C20H23NO5/c1-4-19(22)25-15(3)13-24-14(2)12-21-20(23)26-18-11-7-9-16-8-5-6-10-17(16)18/h4-11,14-15H,1,12-13H2,2-3H3,(H,21,23). The zero-order valence-corrected chi connectivity index (χ0v) is 14.9. The van der Waals surface area contributed by atoms with Crippen LogP contribution in [0.25, 0.3) is 10.8 Å². The largest absolute Gasteiger partial charge is 0.457 e. The summed E-state index contributed by atoms with van der Waals surface area (Å²) >= 11 is 0. The Balaban J connectivity index is 1.77. The molecule has 0 radical (unpaired) electrons. The number of hydrogen-bond donors (Lipinski definition) is 1. The lowest BCUT2D eigenvalue weighted by atomic mass is 10.1. The summed E-state index contributed by atoms with van der Waals surface area (Å²) in [4.78, 5) is 23.1. The SMILES string of the molecule is C=CC(=O)OC(C)COC(C)CNC(=O)Oc1cccc2ccccc12. The molecule has 2 aromatic carbocycles. The van der Waals surface area contributed by atoms with Gasteiger partial charge in [-0.15, -0.1) is 0 Å². The van der Waals surface area contributed by atoms with E-state index in [0.29, 0.717) is 5.75 Å². The monoisotopic (exact) mass is 357 g/mol. The molecule has 0 heterocycles. The summed E-state index contributed by atoms with van der Waals surface area (Å²) in [7, 11) is 0. The summed E-state index contributed by atoms with van der Waals surface area (Å²) in [6.07, 6.45) is -0.112. The van der Waals surface area contributed by atoms with Crippen molar-refractivity contribution in [2.75, 3.05) is 13.2 Å².